The van der Waals surface area contributed by atoms with Crippen molar-refractivity contribution in [2.45, 2.75) is 0 Å². The van der Waals surface area contributed by atoms with Crippen molar-refractivity contribution in [2.75, 3.05) is 0 Å². The van der Waals surface area contributed by atoms with Gasteiger partial charge in [-0.2, -0.15) is 0 Å². The SMILES string of the molecule is [B]=O.[O-2].[O-2].[O-]B([O-])[O-].[O-]B([O-])[O-].[Pb+2].[Pb+2].[Pb+2].[Pb+2].[Pb+2].[Si]. The van der Waals surface area contributed by atoms with Crippen molar-refractivity contribution >= 4 is 170 Å². The molecule has 0 aliphatic heterocycles. The van der Waals surface area contributed by atoms with Crippen molar-refractivity contribution < 1.29 is 45.8 Å². The summed E-state index contributed by atoms with van der Waals surface area (Å²) in [7, 11) is -2.58. The van der Waals surface area contributed by atoms with Gasteiger partial charge < -0.3 is 41.1 Å². The summed E-state index contributed by atoms with van der Waals surface area (Å²) >= 11 is 0. The standard InChI is InChI=1S/2BO3.BO.2O.5Pb.Si/c2*2-1(3)4;1-2;;;;;;;;/q2*-3;;2*-2;5*+2;. The molecule has 15 radical (unpaired) electrons. The fourth-order valence-corrected chi connectivity index (χ4v) is 0. The van der Waals surface area contributed by atoms with Gasteiger partial charge in [0.1, 0.15) is 0 Å². The third kappa shape index (κ3) is 385. The maximum atomic E-state index is 8.42. The topological polar surface area (TPSA) is 212 Å². The van der Waals surface area contributed by atoms with Crippen LogP contribution >= 0.6 is 0 Å². The molecule has 0 fully saturated rings. The predicted octanol–water partition coefficient (Wildman–Crippen LogP) is -10.9. The molecule has 18 heavy (non-hydrogen) atoms. The Morgan fingerprint density at radius 2 is 0.556 bits per heavy atom. The van der Waals surface area contributed by atoms with Crippen LogP contribution in [0, 0.1) is 0 Å². The molecule has 0 saturated heterocycles. The van der Waals surface area contributed by atoms with E-state index in [4.69, 9.17) is 34.8 Å². The van der Waals surface area contributed by atoms with Gasteiger partial charge >= 0.3 is 149 Å². The second kappa shape index (κ2) is 81.9. The zero-order chi connectivity index (χ0) is 9.15. The van der Waals surface area contributed by atoms with Gasteiger partial charge in [-0.15, -0.1) is 0 Å². The molecule has 0 N–H and O–H groups in total. The molecule has 0 heterocycles. The van der Waals surface area contributed by atoms with Gasteiger partial charge in [-0.3, -0.25) is 14.6 Å². The molecule has 0 unspecified atom stereocenters. The van der Waals surface area contributed by atoms with Crippen LogP contribution in [0.4, 0.5) is 0 Å². The Kier molecular flexibility index (Phi) is 358. The first-order valence-corrected chi connectivity index (χ1v) is 1.65. The molecular formula is B3O9Pb5Si. The second-order valence-corrected chi connectivity index (χ2v) is 0.577. The monoisotopic (exact) mass is 1240 g/mol. The van der Waals surface area contributed by atoms with Crippen molar-refractivity contribution in [2.24, 2.45) is 0 Å². The summed E-state index contributed by atoms with van der Waals surface area (Å²) in [6.07, 6.45) is 0. The summed E-state index contributed by atoms with van der Waals surface area (Å²) < 4.78 is 7.75. The van der Waals surface area contributed by atoms with Gasteiger partial charge in [0, 0.05) is 11.0 Å². The van der Waals surface area contributed by atoms with E-state index in [1.165, 1.54) is 0 Å². The van der Waals surface area contributed by atoms with Gasteiger partial charge in [-0.25, -0.2) is 0 Å². The van der Waals surface area contributed by atoms with Gasteiger partial charge in [0.25, 0.3) is 0 Å². The van der Waals surface area contributed by atoms with Gasteiger partial charge in [-0.1, -0.05) is 0 Å². The average Bonchev–Trinajstić information content (AvgIpc) is 1.66. The fraction of sp³-hybridized carbons (Fsp3) is 0. The molecule has 0 atom stereocenters. The summed E-state index contributed by atoms with van der Waals surface area (Å²) in [4.78, 5) is 0. The van der Waals surface area contributed by atoms with Gasteiger partial charge in [0.2, 0.25) is 0 Å². The molecule has 0 aromatic heterocycles. The molecule has 0 bridgehead atoms. The molecule has 0 aromatic rings. The van der Waals surface area contributed by atoms with Crippen LogP contribution in [0.25, 0.3) is 0 Å². The zero-order valence-corrected chi connectivity index (χ0v) is 28.8. The molecule has 0 amide bonds. The normalized spacial score (nSPS) is 3.17. The van der Waals surface area contributed by atoms with Crippen LogP contribution in [0.3, 0.4) is 0 Å². The molecular weight excluding hydrogens is 1240 g/mol. The van der Waals surface area contributed by atoms with E-state index in [1.807, 2.05) is 0 Å². The van der Waals surface area contributed by atoms with Crippen LogP contribution in [0.15, 0.2) is 0 Å². The van der Waals surface area contributed by atoms with Crippen LogP contribution in [0.2, 0.25) is 0 Å². The van der Waals surface area contributed by atoms with Crippen LogP contribution in [-0.2, 0) is 15.7 Å². The summed E-state index contributed by atoms with van der Waals surface area (Å²) in [5.74, 6) is 0. The Morgan fingerprint density at radius 3 is 0.556 bits per heavy atom. The maximum absolute atomic E-state index is 8.42. The Bertz CT molecular complexity index is 54.0. The smallest absolute Gasteiger partial charge is 2.00 e. The van der Waals surface area contributed by atoms with E-state index < -0.39 is 14.6 Å². The third-order valence-corrected chi connectivity index (χ3v) is 0. The number of hydrogen-bond acceptors (Lipinski definition) is 7. The van der Waals surface area contributed by atoms with E-state index in [9.17, 15) is 0 Å². The van der Waals surface area contributed by atoms with Crippen molar-refractivity contribution in [3.8, 4) is 0 Å². The van der Waals surface area contributed by atoms with Gasteiger partial charge in [-0.05, 0) is 0 Å². The molecule has 87 valence electrons. The summed E-state index contributed by atoms with van der Waals surface area (Å²) in [6, 6.07) is 0. The molecule has 9 nitrogen and oxygen atoms in total. The molecule has 0 saturated carbocycles. The molecule has 0 spiro atoms. The molecule has 18 heteroatoms. The molecule has 0 aliphatic carbocycles. The molecule has 0 aromatic carbocycles. The van der Waals surface area contributed by atoms with Crippen LogP contribution in [-0.4, -0.2) is 170 Å². The van der Waals surface area contributed by atoms with E-state index in [-0.39, 0.29) is 158 Å². The number of rotatable bonds is 0. The van der Waals surface area contributed by atoms with E-state index in [2.05, 4.69) is 7.72 Å². The Labute approximate surface area is 211 Å². The Morgan fingerprint density at radius 1 is 0.556 bits per heavy atom. The summed E-state index contributed by atoms with van der Waals surface area (Å²) in [6.45, 7) is 0. The predicted molar refractivity (Wildman–Crippen MR) is 53.8 cm³/mol. The third-order valence-electron chi connectivity index (χ3n) is 0. The van der Waals surface area contributed by atoms with E-state index in [0.717, 1.165) is 0 Å². The number of hydrogen-bond donors (Lipinski definition) is 0. The Balaban J connectivity index is -0.00000000382. The minimum absolute atomic E-state index is 0. The summed E-state index contributed by atoms with van der Waals surface area (Å²) in [5, 5.41) is 50.5. The van der Waals surface area contributed by atoms with E-state index >= 15 is 0 Å². The first kappa shape index (κ1) is 78.6. The minimum Gasteiger partial charge on any atom is -2.00 e. The van der Waals surface area contributed by atoms with E-state index in [0.29, 0.717) is 0 Å². The van der Waals surface area contributed by atoms with Crippen molar-refractivity contribution in [1.29, 1.82) is 0 Å². The minimum atomic E-state index is -2.92. The first-order chi connectivity index (χ1) is 4.46. The van der Waals surface area contributed by atoms with Crippen LogP contribution < -0.4 is 30.1 Å². The zero-order valence-electron chi connectivity index (χ0n) is 8.41. The van der Waals surface area contributed by atoms with E-state index in [1.54, 1.807) is 0 Å². The summed E-state index contributed by atoms with van der Waals surface area (Å²) in [5.41, 5.74) is 0. The van der Waals surface area contributed by atoms with Gasteiger partial charge in [0.05, 0.1) is 0 Å². The quantitative estimate of drug-likeness (QED) is 0.214. The Hall–Kier alpha value is 4.50. The van der Waals surface area contributed by atoms with Gasteiger partial charge in [0.15, 0.2) is 0 Å². The largest absolute Gasteiger partial charge is 2.00 e. The van der Waals surface area contributed by atoms with Crippen molar-refractivity contribution in [3.63, 3.8) is 0 Å². The molecule has 0 aliphatic rings. The maximum Gasteiger partial charge on any atom is 2.00 e. The molecule has 0 rings (SSSR count). The van der Waals surface area contributed by atoms with Crippen molar-refractivity contribution in [1.82, 2.24) is 0 Å². The average molecular weight is 1240 g/mol. The van der Waals surface area contributed by atoms with Crippen molar-refractivity contribution in [3.05, 3.63) is 0 Å². The first-order valence-electron chi connectivity index (χ1n) is 1.65. The van der Waals surface area contributed by atoms with Crippen LogP contribution in [0.5, 0.6) is 0 Å². The second-order valence-electron chi connectivity index (χ2n) is 0.577. The van der Waals surface area contributed by atoms with Crippen LogP contribution in [0.1, 0.15) is 0 Å². The fourth-order valence-electron chi connectivity index (χ4n) is 0.